The van der Waals surface area contributed by atoms with Gasteiger partial charge < -0.3 is 19.8 Å². The predicted molar refractivity (Wildman–Crippen MR) is 107 cm³/mol. The number of furan rings is 1. The highest BCUT2D eigenvalue weighted by atomic mass is 16.5. The first-order valence-corrected chi connectivity index (χ1v) is 9.89. The lowest BCUT2D eigenvalue weighted by atomic mass is 9.87. The standard InChI is InChI=1S/C22H26N2O5/c1-28-22(27)17-10-16(14-23-20(25)12-15-6-3-2-4-7-15)11-18(13-17)24-21(26)19-8-5-9-29-19/h5,8-11,13,15H,2-4,6-7,12,14H2,1H3,(H,23,25)(H,24,26). The number of methoxy groups -OCH3 is 1. The molecule has 0 bridgehead atoms. The van der Waals surface area contributed by atoms with Crippen molar-refractivity contribution in [1.82, 2.24) is 5.32 Å². The molecule has 1 aromatic heterocycles. The van der Waals surface area contributed by atoms with Crippen LogP contribution in [-0.2, 0) is 16.1 Å². The van der Waals surface area contributed by atoms with Crippen molar-refractivity contribution in [3.63, 3.8) is 0 Å². The van der Waals surface area contributed by atoms with E-state index in [-0.39, 0.29) is 18.2 Å². The Labute approximate surface area is 169 Å². The van der Waals surface area contributed by atoms with Gasteiger partial charge in [-0.3, -0.25) is 9.59 Å². The Kier molecular flexibility index (Phi) is 7.05. The van der Waals surface area contributed by atoms with Gasteiger partial charge in [-0.15, -0.1) is 0 Å². The van der Waals surface area contributed by atoms with Crippen LogP contribution in [0.2, 0.25) is 0 Å². The van der Waals surface area contributed by atoms with Gasteiger partial charge in [-0.2, -0.15) is 0 Å². The quantitative estimate of drug-likeness (QED) is 0.689. The number of rotatable bonds is 7. The molecule has 1 aromatic carbocycles. The van der Waals surface area contributed by atoms with E-state index in [1.165, 1.54) is 38.7 Å². The van der Waals surface area contributed by atoms with E-state index in [9.17, 15) is 14.4 Å². The molecule has 2 aromatic rings. The molecule has 29 heavy (non-hydrogen) atoms. The predicted octanol–water partition coefficient (Wildman–Crippen LogP) is 3.91. The maximum atomic E-state index is 12.3. The lowest BCUT2D eigenvalue weighted by Gasteiger charge is -2.20. The SMILES string of the molecule is COC(=O)c1cc(CNC(=O)CC2CCCCC2)cc(NC(=O)c2ccco2)c1. The van der Waals surface area contributed by atoms with Crippen molar-refractivity contribution < 1.29 is 23.5 Å². The van der Waals surface area contributed by atoms with E-state index in [1.807, 2.05) is 0 Å². The third-order valence-electron chi connectivity index (χ3n) is 5.11. The summed E-state index contributed by atoms with van der Waals surface area (Å²) >= 11 is 0. The van der Waals surface area contributed by atoms with Crippen LogP contribution in [0.1, 0.15) is 65.0 Å². The summed E-state index contributed by atoms with van der Waals surface area (Å²) in [6, 6.07) is 8.06. The summed E-state index contributed by atoms with van der Waals surface area (Å²) < 4.78 is 9.88. The van der Waals surface area contributed by atoms with Crippen LogP contribution in [0.3, 0.4) is 0 Å². The highest BCUT2D eigenvalue weighted by Crippen LogP contribution is 2.26. The summed E-state index contributed by atoms with van der Waals surface area (Å²) in [5.74, 6) is -0.330. The smallest absolute Gasteiger partial charge is 0.337 e. The number of hydrogen-bond acceptors (Lipinski definition) is 5. The summed E-state index contributed by atoms with van der Waals surface area (Å²) in [4.78, 5) is 36.5. The minimum atomic E-state index is -0.520. The molecule has 0 radical (unpaired) electrons. The molecule has 0 spiro atoms. The normalized spacial score (nSPS) is 14.2. The monoisotopic (exact) mass is 398 g/mol. The number of carbonyl (C=O) groups is 3. The maximum Gasteiger partial charge on any atom is 0.337 e. The fourth-order valence-corrected chi connectivity index (χ4v) is 3.63. The van der Waals surface area contributed by atoms with Crippen molar-refractivity contribution in [3.05, 3.63) is 53.5 Å². The number of anilines is 1. The van der Waals surface area contributed by atoms with E-state index >= 15 is 0 Å². The Morgan fingerprint density at radius 2 is 1.93 bits per heavy atom. The maximum absolute atomic E-state index is 12.3. The first-order chi connectivity index (χ1) is 14.0. The van der Waals surface area contributed by atoms with Gasteiger partial charge in [-0.05, 0) is 54.7 Å². The summed E-state index contributed by atoms with van der Waals surface area (Å²) in [7, 11) is 1.29. The van der Waals surface area contributed by atoms with Crippen LogP contribution >= 0.6 is 0 Å². The Balaban J connectivity index is 1.67. The van der Waals surface area contributed by atoms with Gasteiger partial charge in [-0.25, -0.2) is 4.79 Å². The molecule has 7 nitrogen and oxygen atoms in total. The number of hydrogen-bond donors (Lipinski definition) is 2. The minimum Gasteiger partial charge on any atom is -0.465 e. The number of amides is 2. The Hall–Kier alpha value is -3.09. The second-order valence-corrected chi connectivity index (χ2v) is 7.33. The molecule has 0 atom stereocenters. The molecule has 1 aliphatic carbocycles. The van der Waals surface area contributed by atoms with Crippen LogP contribution < -0.4 is 10.6 Å². The first-order valence-electron chi connectivity index (χ1n) is 9.89. The molecule has 1 aliphatic rings. The van der Waals surface area contributed by atoms with E-state index < -0.39 is 11.9 Å². The number of esters is 1. The van der Waals surface area contributed by atoms with Crippen molar-refractivity contribution in [3.8, 4) is 0 Å². The third kappa shape index (κ3) is 5.94. The van der Waals surface area contributed by atoms with E-state index in [0.717, 1.165) is 12.8 Å². The molecule has 1 fully saturated rings. The van der Waals surface area contributed by atoms with Crippen molar-refractivity contribution in [1.29, 1.82) is 0 Å². The van der Waals surface area contributed by atoms with Gasteiger partial charge in [0.15, 0.2) is 5.76 Å². The highest BCUT2D eigenvalue weighted by molar-refractivity contribution is 6.03. The van der Waals surface area contributed by atoms with Crippen molar-refractivity contribution in [2.45, 2.75) is 45.1 Å². The number of nitrogens with one attached hydrogen (secondary N) is 2. The molecule has 0 saturated heterocycles. The zero-order valence-electron chi connectivity index (χ0n) is 16.5. The van der Waals surface area contributed by atoms with E-state index in [1.54, 1.807) is 24.3 Å². The van der Waals surface area contributed by atoms with Gasteiger partial charge in [0, 0.05) is 18.7 Å². The van der Waals surface area contributed by atoms with Gasteiger partial charge in [0.1, 0.15) is 0 Å². The van der Waals surface area contributed by atoms with Crippen LogP contribution in [0.4, 0.5) is 5.69 Å². The minimum absolute atomic E-state index is 0.00143. The molecule has 7 heteroatoms. The third-order valence-corrected chi connectivity index (χ3v) is 5.11. The number of benzene rings is 1. The van der Waals surface area contributed by atoms with Crippen LogP contribution in [0.25, 0.3) is 0 Å². The number of ether oxygens (including phenoxy) is 1. The Bertz CT molecular complexity index is 854. The van der Waals surface area contributed by atoms with E-state index in [4.69, 9.17) is 9.15 Å². The largest absolute Gasteiger partial charge is 0.465 e. The molecule has 2 amide bonds. The zero-order chi connectivity index (χ0) is 20.6. The molecule has 0 aliphatic heterocycles. The summed E-state index contributed by atoms with van der Waals surface area (Å²) in [6.07, 6.45) is 7.79. The molecular formula is C22H26N2O5. The lowest BCUT2D eigenvalue weighted by Crippen LogP contribution is -2.26. The first kappa shape index (κ1) is 20.6. The number of carbonyl (C=O) groups excluding carboxylic acids is 3. The zero-order valence-corrected chi connectivity index (χ0v) is 16.5. The molecule has 0 unspecified atom stereocenters. The second-order valence-electron chi connectivity index (χ2n) is 7.33. The van der Waals surface area contributed by atoms with E-state index in [2.05, 4.69) is 10.6 Å². The van der Waals surface area contributed by atoms with Crippen molar-refractivity contribution in [2.24, 2.45) is 5.92 Å². The summed E-state index contributed by atoms with van der Waals surface area (Å²) in [5, 5.41) is 5.62. The molecule has 2 N–H and O–H groups in total. The Morgan fingerprint density at radius 1 is 1.14 bits per heavy atom. The van der Waals surface area contributed by atoms with Crippen molar-refractivity contribution in [2.75, 3.05) is 12.4 Å². The lowest BCUT2D eigenvalue weighted by molar-refractivity contribution is -0.122. The van der Waals surface area contributed by atoms with E-state index in [0.29, 0.717) is 29.2 Å². The molecule has 154 valence electrons. The van der Waals surface area contributed by atoms with Crippen LogP contribution in [0, 0.1) is 5.92 Å². The van der Waals surface area contributed by atoms with Crippen LogP contribution in [0.5, 0.6) is 0 Å². The fraction of sp³-hybridized carbons (Fsp3) is 0.409. The summed E-state index contributed by atoms with van der Waals surface area (Å²) in [6.45, 7) is 0.264. The van der Waals surface area contributed by atoms with Crippen LogP contribution in [-0.4, -0.2) is 24.9 Å². The van der Waals surface area contributed by atoms with Gasteiger partial charge >= 0.3 is 5.97 Å². The average Bonchev–Trinajstić information content (AvgIpc) is 3.27. The Morgan fingerprint density at radius 3 is 2.62 bits per heavy atom. The molecular weight excluding hydrogens is 372 g/mol. The highest BCUT2D eigenvalue weighted by Gasteiger charge is 2.17. The van der Waals surface area contributed by atoms with Gasteiger partial charge in [0.25, 0.3) is 5.91 Å². The average molecular weight is 398 g/mol. The van der Waals surface area contributed by atoms with Gasteiger partial charge in [0.05, 0.1) is 18.9 Å². The summed E-state index contributed by atoms with van der Waals surface area (Å²) in [5.41, 5.74) is 1.41. The molecule has 1 heterocycles. The fourth-order valence-electron chi connectivity index (χ4n) is 3.63. The van der Waals surface area contributed by atoms with Crippen LogP contribution in [0.15, 0.2) is 41.0 Å². The van der Waals surface area contributed by atoms with Gasteiger partial charge in [-0.1, -0.05) is 19.3 Å². The molecule has 3 rings (SSSR count). The van der Waals surface area contributed by atoms with Gasteiger partial charge in [0.2, 0.25) is 5.91 Å². The second kappa shape index (κ2) is 9.91. The topological polar surface area (TPSA) is 97.6 Å². The molecule has 1 saturated carbocycles. The van der Waals surface area contributed by atoms with Crippen molar-refractivity contribution >= 4 is 23.5 Å².